The second-order valence-corrected chi connectivity index (χ2v) is 6.59. The van der Waals surface area contributed by atoms with Crippen LogP contribution in [0.25, 0.3) is 0 Å². The van der Waals surface area contributed by atoms with Gasteiger partial charge in [0, 0.05) is 12.6 Å². The lowest BCUT2D eigenvalue weighted by Crippen LogP contribution is -2.42. The molecule has 6 nitrogen and oxygen atoms in total. The van der Waals surface area contributed by atoms with Gasteiger partial charge in [0.2, 0.25) is 15.9 Å². The van der Waals surface area contributed by atoms with E-state index in [4.69, 9.17) is 0 Å². The number of nitrogens with zero attached hydrogens (tertiary/aromatic N) is 1. The quantitative estimate of drug-likeness (QED) is 0.818. The number of hydrogen-bond acceptors (Lipinski definition) is 4. The Morgan fingerprint density at radius 2 is 1.85 bits per heavy atom. The lowest BCUT2D eigenvalue weighted by atomic mass is 10.3. The monoisotopic (exact) mass is 300 g/mol. The van der Waals surface area contributed by atoms with Gasteiger partial charge in [0.25, 0.3) is 0 Å². The Labute approximate surface area is 119 Å². The smallest absolute Gasteiger partial charge is 0.243 e. The van der Waals surface area contributed by atoms with E-state index in [2.05, 4.69) is 5.32 Å². The minimum Gasteiger partial charge on any atom is -0.508 e. The number of likely N-dealkylation sites (N-methyl/N-ethyl adjacent to an activating group) is 1. The molecule has 1 amide bonds. The second kappa shape index (κ2) is 6.71. The Morgan fingerprint density at radius 1 is 1.30 bits per heavy atom. The average molecular weight is 300 g/mol. The van der Waals surface area contributed by atoms with Crippen molar-refractivity contribution in [3.05, 3.63) is 24.3 Å². The fourth-order valence-corrected chi connectivity index (χ4v) is 3.07. The molecular formula is C13H20N2O4S. The first-order valence-corrected chi connectivity index (χ1v) is 7.80. The number of amides is 1. The molecule has 0 aliphatic heterocycles. The number of carbonyl (C=O) groups excluding carboxylic acids is 1. The summed E-state index contributed by atoms with van der Waals surface area (Å²) in [7, 11) is -3.74. The predicted octanol–water partition coefficient (Wildman–Crippen LogP) is 0.927. The molecule has 0 aromatic heterocycles. The third-order valence-electron chi connectivity index (χ3n) is 2.60. The van der Waals surface area contributed by atoms with Gasteiger partial charge in [0.15, 0.2) is 0 Å². The summed E-state index contributed by atoms with van der Waals surface area (Å²) in [6.07, 6.45) is 0. The number of nitrogens with one attached hydrogen (secondary N) is 1. The van der Waals surface area contributed by atoms with Crippen molar-refractivity contribution in [3.63, 3.8) is 0 Å². The van der Waals surface area contributed by atoms with Crippen molar-refractivity contribution in [2.75, 3.05) is 13.1 Å². The van der Waals surface area contributed by atoms with Crippen LogP contribution in [-0.2, 0) is 14.8 Å². The van der Waals surface area contributed by atoms with E-state index in [1.165, 1.54) is 24.3 Å². The largest absolute Gasteiger partial charge is 0.508 e. The maximum atomic E-state index is 12.4. The molecular weight excluding hydrogens is 280 g/mol. The van der Waals surface area contributed by atoms with Gasteiger partial charge in [-0.25, -0.2) is 8.42 Å². The molecule has 112 valence electrons. The molecule has 0 aliphatic rings. The van der Waals surface area contributed by atoms with Gasteiger partial charge in [-0.3, -0.25) is 4.79 Å². The Bertz CT molecular complexity index is 552. The number of sulfonamides is 1. The van der Waals surface area contributed by atoms with Crippen LogP contribution in [0.2, 0.25) is 0 Å². The van der Waals surface area contributed by atoms with Crippen LogP contribution < -0.4 is 5.32 Å². The fourth-order valence-electron chi connectivity index (χ4n) is 1.66. The first-order valence-electron chi connectivity index (χ1n) is 6.36. The summed E-state index contributed by atoms with van der Waals surface area (Å²) in [5.74, 6) is -0.353. The number of carbonyl (C=O) groups is 1. The van der Waals surface area contributed by atoms with Crippen LogP contribution in [0.4, 0.5) is 0 Å². The van der Waals surface area contributed by atoms with E-state index >= 15 is 0 Å². The predicted molar refractivity (Wildman–Crippen MR) is 75.8 cm³/mol. The van der Waals surface area contributed by atoms with Crippen LogP contribution in [0, 0.1) is 0 Å². The van der Waals surface area contributed by atoms with Crippen molar-refractivity contribution >= 4 is 15.9 Å². The van der Waals surface area contributed by atoms with Crippen LogP contribution in [0.5, 0.6) is 5.75 Å². The lowest BCUT2D eigenvalue weighted by Gasteiger charge is -2.20. The zero-order valence-corrected chi connectivity index (χ0v) is 12.6. The van der Waals surface area contributed by atoms with Crippen LogP contribution >= 0.6 is 0 Å². The van der Waals surface area contributed by atoms with E-state index in [0.717, 1.165) is 4.31 Å². The molecule has 0 aliphatic carbocycles. The summed E-state index contributed by atoms with van der Waals surface area (Å²) < 4.78 is 25.8. The number of aromatic hydroxyl groups is 1. The van der Waals surface area contributed by atoms with E-state index < -0.39 is 10.0 Å². The Balaban J connectivity index is 2.92. The number of rotatable bonds is 6. The topological polar surface area (TPSA) is 86.7 Å². The van der Waals surface area contributed by atoms with Crippen molar-refractivity contribution in [1.82, 2.24) is 9.62 Å². The summed E-state index contributed by atoms with van der Waals surface area (Å²) in [4.78, 5) is 11.7. The Morgan fingerprint density at radius 3 is 2.30 bits per heavy atom. The van der Waals surface area contributed by atoms with E-state index in [9.17, 15) is 18.3 Å². The molecule has 0 saturated heterocycles. The molecule has 0 atom stereocenters. The zero-order valence-electron chi connectivity index (χ0n) is 11.8. The summed E-state index contributed by atoms with van der Waals surface area (Å²) in [5, 5.41) is 11.8. The Kier molecular flexibility index (Phi) is 5.52. The number of phenolic OH excluding ortho intramolecular Hbond substituents is 1. The molecule has 0 bridgehead atoms. The third kappa shape index (κ3) is 4.21. The molecule has 1 rings (SSSR count). The average Bonchev–Trinajstić information content (AvgIpc) is 2.35. The van der Waals surface area contributed by atoms with Crippen LogP contribution in [-0.4, -0.2) is 42.9 Å². The van der Waals surface area contributed by atoms with E-state index in [0.29, 0.717) is 0 Å². The number of benzene rings is 1. The highest BCUT2D eigenvalue weighted by molar-refractivity contribution is 7.89. The molecule has 0 spiro atoms. The standard InChI is InChI=1S/C13H20N2O4S/c1-4-15(9-13(17)14-10(2)3)20(18,19)12-7-5-11(16)6-8-12/h5-8,10,16H,4,9H2,1-3H3,(H,14,17). The highest BCUT2D eigenvalue weighted by Crippen LogP contribution is 2.18. The van der Waals surface area contributed by atoms with Crippen LogP contribution in [0.1, 0.15) is 20.8 Å². The first kappa shape index (κ1) is 16.5. The number of hydrogen-bond donors (Lipinski definition) is 2. The Hall–Kier alpha value is -1.60. The maximum absolute atomic E-state index is 12.4. The summed E-state index contributed by atoms with van der Waals surface area (Å²) in [5.41, 5.74) is 0. The highest BCUT2D eigenvalue weighted by atomic mass is 32.2. The molecule has 0 heterocycles. The van der Waals surface area contributed by atoms with Gasteiger partial charge in [0.05, 0.1) is 11.4 Å². The molecule has 7 heteroatoms. The van der Waals surface area contributed by atoms with Crippen molar-refractivity contribution in [2.24, 2.45) is 0 Å². The van der Waals surface area contributed by atoms with Crippen molar-refractivity contribution in [3.8, 4) is 5.75 Å². The SMILES string of the molecule is CCN(CC(=O)NC(C)C)S(=O)(=O)c1ccc(O)cc1. The van der Waals surface area contributed by atoms with Gasteiger partial charge in [-0.05, 0) is 38.1 Å². The molecule has 1 aromatic carbocycles. The normalized spacial score (nSPS) is 11.8. The van der Waals surface area contributed by atoms with Crippen molar-refractivity contribution < 1.29 is 18.3 Å². The number of phenols is 1. The molecule has 20 heavy (non-hydrogen) atoms. The van der Waals surface area contributed by atoms with E-state index in [-0.39, 0.29) is 35.7 Å². The van der Waals surface area contributed by atoms with Gasteiger partial charge in [-0.2, -0.15) is 4.31 Å². The van der Waals surface area contributed by atoms with Crippen LogP contribution in [0.15, 0.2) is 29.2 Å². The molecule has 0 radical (unpaired) electrons. The lowest BCUT2D eigenvalue weighted by molar-refractivity contribution is -0.121. The van der Waals surface area contributed by atoms with Gasteiger partial charge in [0.1, 0.15) is 5.75 Å². The van der Waals surface area contributed by atoms with Crippen molar-refractivity contribution in [1.29, 1.82) is 0 Å². The molecule has 2 N–H and O–H groups in total. The van der Waals surface area contributed by atoms with Gasteiger partial charge < -0.3 is 10.4 Å². The third-order valence-corrected chi connectivity index (χ3v) is 4.53. The maximum Gasteiger partial charge on any atom is 0.243 e. The van der Waals surface area contributed by atoms with E-state index in [1.807, 2.05) is 13.8 Å². The molecule has 0 unspecified atom stereocenters. The van der Waals surface area contributed by atoms with Gasteiger partial charge in [-0.1, -0.05) is 6.92 Å². The highest BCUT2D eigenvalue weighted by Gasteiger charge is 2.25. The van der Waals surface area contributed by atoms with Crippen molar-refractivity contribution in [2.45, 2.75) is 31.7 Å². The minimum absolute atomic E-state index is 0.00968. The second-order valence-electron chi connectivity index (χ2n) is 4.65. The van der Waals surface area contributed by atoms with Gasteiger partial charge in [-0.15, -0.1) is 0 Å². The minimum atomic E-state index is -3.74. The first-order chi connectivity index (χ1) is 9.27. The van der Waals surface area contributed by atoms with Gasteiger partial charge >= 0.3 is 0 Å². The fraction of sp³-hybridized carbons (Fsp3) is 0.462. The molecule has 0 saturated carbocycles. The molecule has 0 fully saturated rings. The van der Waals surface area contributed by atoms with Crippen LogP contribution in [0.3, 0.4) is 0 Å². The zero-order chi connectivity index (χ0) is 15.3. The molecule has 1 aromatic rings. The summed E-state index contributed by atoms with van der Waals surface area (Å²) in [6.45, 7) is 5.25. The summed E-state index contributed by atoms with van der Waals surface area (Å²) in [6, 6.07) is 5.18. The van der Waals surface area contributed by atoms with E-state index in [1.54, 1.807) is 6.92 Å². The summed E-state index contributed by atoms with van der Waals surface area (Å²) >= 11 is 0.